The molecule has 5 nitrogen and oxygen atoms in total. The summed E-state index contributed by atoms with van der Waals surface area (Å²) in [6.45, 7) is 0.286. The molecule has 0 spiro atoms. The molecular formula is C20H22FNO4S. The first kappa shape index (κ1) is 18.3. The van der Waals surface area contributed by atoms with Gasteiger partial charge < -0.3 is 9.47 Å². The second kappa shape index (κ2) is 7.13. The molecule has 2 bridgehead atoms. The Bertz CT molecular complexity index is 916. The molecule has 7 heteroatoms. The van der Waals surface area contributed by atoms with Crippen LogP contribution in [0.3, 0.4) is 0 Å². The van der Waals surface area contributed by atoms with Crippen LogP contribution in [0.1, 0.15) is 19.3 Å². The largest absolute Gasteiger partial charge is 0.497 e. The zero-order chi connectivity index (χ0) is 19.0. The number of hydrogen-bond acceptors (Lipinski definition) is 4. The first-order chi connectivity index (χ1) is 13.0. The third-order valence-electron chi connectivity index (χ3n) is 5.53. The standard InChI is InChI=1S/C20H22FNO4S/c1-25-17-3-2-4-18(12-17)26-13-20-14-5-8-16(11-14)22(20)27(23,24)19-9-6-15(21)7-10-19/h2-4,6-7,9-10,12,14,16,20H,5,8,11,13H2,1H3/t14-,16-,20+/m1/s1. The van der Waals surface area contributed by atoms with Gasteiger partial charge in [-0.2, -0.15) is 4.31 Å². The lowest BCUT2D eigenvalue weighted by Crippen LogP contribution is -2.47. The van der Waals surface area contributed by atoms with Crippen LogP contribution < -0.4 is 9.47 Å². The molecule has 1 heterocycles. The summed E-state index contributed by atoms with van der Waals surface area (Å²) in [7, 11) is -2.10. The van der Waals surface area contributed by atoms with Gasteiger partial charge >= 0.3 is 0 Å². The predicted molar refractivity (Wildman–Crippen MR) is 98.8 cm³/mol. The molecule has 0 aromatic heterocycles. The number of ether oxygens (including phenoxy) is 2. The third kappa shape index (κ3) is 3.41. The fourth-order valence-corrected chi connectivity index (χ4v) is 6.13. The predicted octanol–water partition coefficient (Wildman–Crippen LogP) is 3.45. The number of hydrogen-bond donors (Lipinski definition) is 0. The summed E-state index contributed by atoms with van der Waals surface area (Å²) < 4.78 is 52.3. The van der Waals surface area contributed by atoms with Crippen LogP contribution in [-0.4, -0.2) is 38.5 Å². The highest BCUT2D eigenvalue weighted by Crippen LogP contribution is 2.45. The van der Waals surface area contributed by atoms with Gasteiger partial charge in [0.25, 0.3) is 0 Å². The molecule has 144 valence electrons. The van der Waals surface area contributed by atoms with Gasteiger partial charge in [-0.25, -0.2) is 12.8 Å². The Morgan fingerprint density at radius 3 is 2.59 bits per heavy atom. The fraction of sp³-hybridized carbons (Fsp3) is 0.400. The van der Waals surface area contributed by atoms with Crippen molar-refractivity contribution in [2.75, 3.05) is 13.7 Å². The highest BCUT2D eigenvalue weighted by atomic mass is 32.2. The van der Waals surface area contributed by atoms with Gasteiger partial charge in [0.2, 0.25) is 10.0 Å². The van der Waals surface area contributed by atoms with Gasteiger partial charge in [0.1, 0.15) is 23.9 Å². The maximum absolute atomic E-state index is 13.2. The number of fused-ring (bicyclic) bond motifs is 2. The minimum absolute atomic E-state index is 0.0102. The molecule has 4 rings (SSSR count). The van der Waals surface area contributed by atoms with E-state index in [-0.39, 0.29) is 29.5 Å². The molecule has 1 aliphatic heterocycles. The van der Waals surface area contributed by atoms with Crippen molar-refractivity contribution in [1.29, 1.82) is 0 Å². The van der Waals surface area contributed by atoms with Crippen LogP contribution >= 0.6 is 0 Å². The SMILES string of the molecule is COc1cccc(OC[C@H]2[C@@H]3CC[C@H](C3)N2S(=O)(=O)c2ccc(F)cc2)c1. The van der Waals surface area contributed by atoms with Gasteiger partial charge in [-0.15, -0.1) is 0 Å². The summed E-state index contributed by atoms with van der Waals surface area (Å²) in [4.78, 5) is 0.128. The maximum Gasteiger partial charge on any atom is 0.243 e. The van der Waals surface area contributed by atoms with E-state index in [2.05, 4.69) is 0 Å². The highest BCUT2D eigenvalue weighted by Gasteiger charge is 2.51. The van der Waals surface area contributed by atoms with Crippen LogP contribution in [0.15, 0.2) is 53.4 Å². The summed E-state index contributed by atoms with van der Waals surface area (Å²) >= 11 is 0. The Kier molecular flexibility index (Phi) is 4.82. The smallest absolute Gasteiger partial charge is 0.243 e. The summed E-state index contributed by atoms with van der Waals surface area (Å²) in [6, 6.07) is 12.1. The highest BCUT2D eigenvalue weighted by molar-refractivity contribution is 7.89. The first-order valence-corrected chi connectivity index (χ1v) is 10.5. The van der Waals surface area contributed by atoms with Crippen molar-refractivity contribution in [3.8, 4) is 11.5 Å². The Hall–Kier alpha value is -2.12. The molecule has 0 radical (unpaired) electrons. The molecule has 2 aromatic carbocycles. The number of rotatable bonds is 6. The number of methoxy groups -OCH3 is 1. The number of benzene rings is 2. The van der Waals surface area contributed by atoms with Crippen LogP contribution in [-0.2, 0) is 10.0 Å². The number of nitrogens with zero attached hydrogens (tertiary/aromatic N) is 1. The van der Waals surface area contributed by atoms with Gasteiger partial charge in [0.05, 0.1) is 18.0 Å². The van der Waals surface area contributed by atoms with Crippen molar-refractivity contribution in [1.82, 2.24) is 4.31 Å². The normalized spacial score (nSPS) is 24.9. The molecule has 0 unspecified atom stereocenters. The molecule has 2 aromatic rings. The minimum atomic E-state index is -3.69. The van der Waals surface area contributed by atoms with Crippen LogP contribution in [0, 0.1) is 11.7 Å². The molecule has 2 fully saturated rings. The Balaban J connectivity index is 1.56. The number of halogens is 1. The van der Waals surface area contributed by atoms with E-state index in [1.54, 1.807) is 17.5 Å². The molecule has 0 N–H and O–H groups in total. The molecule has 2 aliphatic rings. The molecule has 3 atom stereocenters. The molecule has 1 saturated carbocycles. The van der Waals surface area contributed by atoms with E-state index in [1.165, 1.54) is 24.3 Å². The van der Waals surface area contributed by atoms with Crippen LogP contribution in [0.4, 0.5) is 4.39 Å². The van der Waals surface area contributed by atoms with Gasteiger partial charge in [0.15, 0.2) is 0 Å². The zero-order valence-electron chi connectivity index (χ0n) is 15.0. The fourth-order valence-electron chi connectivity index (χ4n) is 4.24. The lowest BCUT2D eigenvalue weighted by molar-refractivity contribution is 0.162. The Morgan fingerprint density at radius 1 is 1.11 bits per heavy atom. The Labute approximate surface area is 158 Å². The second-order valence-electron chi connectivity index (χ2n) is 7.07. The van der Waals surface area contributed by atoms with E-state index in [0.29, 0.717) is 11.5 Å². The van der Waals surface area contributed by atoms with Crippen molar-refractivity contribution in [3.05, 3.63) is 54.3 Å². The lowest BCUT2D eigenvalue weighted by atomic mass is 10.0. The third-order valence-corrected chi connectivity index (χ3v) is 7.52. The second-order valence-corrected chi connectivity index (χ2v) is 8.92. The summed E-state index contributed by atoms with van der Waals surface area (Å²) in [5.41, 5.74) is 0. The van der Waals surface area contributed by atoms with Crippen LogP contribution in [0.5, 0.6) is 11.5 Å². The number of sulfonamides is 1. The van der Waals surface area contributed by atoms with E-state index in [9.17, 15) is 12.8 Å². The summed E-state index contributed by atoms with van der Waals surface area (Å²) in [5, 5.41) is 0. The minimum Gasteiger partial charge on any atom is -0.497 e. The van der Waals surface area contributed by atoms with Crippen molar-refractivity contribution in [2.45, 2.75) is 36.2 Å². The van der Waals surface area contributed by atoms with Crippen molar-refractivity contribution in [2.24, 2.45) is 5.92 Å². The van der Waals surface area contributed by atoms with Crippen molar-refractivity contribution >= 4 is 10.0 Å². The topological polar surface area (TPSA) is 55.8 Å². The quantitative estimate of drug-likeness (QED) is 0.757. The zero-order valence-corrected chi connectivity index (χ0v) is 15.9. The van der Waals surface area contributed by atoms with Gasteiger partial charge in [0, 0.05) is 12.1 Å². The monoisotopic (exact) mass is 391 g/mol. The summed E-state index contributed by atoms with van der Waals surface area (Å²) in [6.07, 6.45) is 2.72. The van der Waals surface area contributed by atoms with Crippen LogP contribution in [0.25, 0.3) is 0 Å². The average Bonchev–Trinajstić information content (AvgIpc) is 3.28. The Morgan fingerprint density at radius 2 is 1.85 bits per heavy atom. The van der Waals surface area contributed by atoms with Crippen molar-refractivity contribution in [3.63, 3.8) is 0 Å². The van der Waals surface area contributed by atoms with Crippen LogP contribution in [0.2, 0.25) is 0 Å². The van der Waals surface area contributed by atoms with E-state index < -0.39 is 15.8 Å². The first-order valence-electron chi connectivity index (χ1n) is 9.05. The molecule has 0 amide bonds. The maximum atomic E-state index is 13.2. The lowest BCUT2D eigenvalue weighted by Gasteiger charge is -2.34. The molecule has 1 saturated heterocycles. The van der Waals surface area contributed by atoms with Gasteiger partial charge in [-0.05, 0) is 61.6 Å². The molecule has 27 heavy (non-hydrogen) atoms. The van der Waals surface area contributed by atoms with Crippen molar-refractivity contribution < 1.29 is 22.3 Å². The van der Waals surface area contributed by atoms with E-state index in [4.69, 9.17) is 9.47 Å². The summed E-state index contributed by atoms with van der Waals surface area (Å²) in [5.74, 6) is 1.18. The van der Waals surface area contributed by atoms with E-state index >= 15 is 0 Å². The van der Waals surface area contributed by atoms with E-state index in [1.807, 2.05) is 18.2 Å². The molecular weight excluding hydrogens is 369 g/mol. The average molecular weight is 391 g/mol. The van der Waals surface area contributed by atoms with E-state index in [0.717, 1.165) is 19.3 Å². The van der Waals surface area contributed by atoms with Gasteiger partial charge in [-0.1, -0.05) is 6.07 Å². The van der Waals surface area contributed by atoms with Gasteiger partial charge in [-0.3, -0.25) is 0 Å². The number of piperidine rings is 1. The molecule has 1 aliphatic carbocycles.